The normalized spacial score (nSPS) is 34.4. The van der Waals surface area contributed by atoms with E-state index in [2.05, 4.69) is 105 Å². The molecule has 226 valence electrons. The highest BCUT2D eigenvalue weighted by atomic mass is 79.9. The van der Waals surface area contributed by atoms with Crippen molar-refractivity contribution in [2.45, 2.75) is 29.1 Å². The summed E-state index contributed by atoms with van der Waals surface area (Å²) in [6.07, 6.45) is -1.40. The molecule has 14 nitrogen and oxygen atoms in total. The molecule has 0 bridgehead atoms. The maximum Gasteiger partial charge on any atom is 0.345 e. The Bertz CT molecular complexity index is 1480. The lowest BCUT2D eigenvalue weighted by atomic mass is 9.71. The first-order valence-electron chi connectivity index (χ1n) is 12.7. The lowest BCUT2D eigenvalue weighted by molar-refractivity contribution is -0.661. The maximum absolute atomic E-state index is 13.2. The number of guanidine groups is 2. The van der Waals surface area contributed by atoms with Crippen molar-refractivity contribution in [3.63, 3.8) is 0 Å². The van der Waals surface area contributed by atoms with Crippen molar-refractivity contribution in [3.8, 4) is 0 Å². The lowest BCUT2D eigenvalue weighted by Crippen LogP contribution is -2.93. The number of nitrogens with two attached hydrogens (primary N) is 2. The van der Waals surface area contributed by atoms with Gasteiger partial charge in [-0.05, 0) is 81.8 Å². The van der Waals surface area contributed by atoms with Crippen LogP contribution in [-0.4, -0.2) is 83.0 Å². The van der Waals surface area contributed by atoms with Gasteiger partial charge in [0.2, 0.25) is 12.5 Å². The molecule has 1 saturated carbocycles. The zero-order chi connectivity index (χ0) is 30.1. The summed E-state index contributed by atoms with van der Waals surface area (Å²) >= 11 is 20.9. The van der Waals surface area contributed by atoms with E-state index in [1.807, 2.05) is 0 Å². The smallest absolute Gasteiger partial charge is 0.345 e. The standard InChI is InChI=1S/C23H25Br4ClN10O4/c1-41-23-12-6(4-31-16(39)10-2-8(24)14(26)33-10)7(5-32-17(40)11-3-9(25)15(27)34-11)13(28)22(12)18(35-20(29)37-22)42-19(23)36-21(30)38-23/h2-3,6-7,12-13,18-19,33-34H,4-5H2,1H3,(H,31,39)(H,32,40)(H3,29,35,37)(H3,30,36,38)/p+2/t6-,7-,12+,13+,18+,19-,22+,23-/m1/s1. The molecule has 0 unspecified atom stereocenters. The molecule has 2 amide bonds. The highest BCUT2D eigenvalue weighted by Crippen LogP contribution is 2.56. The largest absolute Gasteiger partial charge is 0.350 e. The van der Waals surface area contributed by atoms with Crippen molar-refractivity contribution in [3.05, 3.63) is 41.7 Å². The fourth-order valence-electron chi connectivity index (χ4n) is 6.76. The van der Waals surface area contributed by atoms with Crippen LogP contribution in [0, 0.1) is 17.8 Å². The van der Waals surface area contributed by atoms with Crippen LogP contribution in [0.15, 0.2) is 30.3 Å². The van der Waals surface area contributed by atoms with Gasteiger partial charge >= 0.3 is 11.9 Å². The van der Waals surface area contributed by atoms with Crippen LogP contribution in [0.25, 0.3) is 0 Å². The first kappa shape index (κ1) is 30.2. The van der Waals surface area contributed by atoms with Gasteiger partial charge in [0.25, 0.3) is 17.5 Å². The van der Waals surface area contributed by atoms with Crippen LogP contribution in [0.1, 0.15) is 21.0 Å². The fraction of sp³-hybridized carbons (Fsp3) is 0.478. The molecule has 12 N–H and O–H groups in total. The predicted molar refractivity (Wildman–Crippen MR) is 165 cm³/mol. The quantitative estimate of drug-likeness (QED) is 0.138. The second-order valence-electron chi connectivity index (χ2n) is 10.5. The van der Waals surface area contributed by atoms with Crippen molar-refractivity contribution in [2.75, 3.05) is 20.2 Å². The number of rotatable bonds is 7. The lowest BCUT2D eigenvalue weighted by Gasteiger charge is -2.49. The zero-order valence-corrected chi connectivity index (χ0v) is 28.8. The third kappa shape index (κ3) is 4.59. The fourth-order valence-corrected chi connectivity index (χ4v) is 8.65. The third-order valence-corrected chi connectivity index (χ3v) is 12.7. The summed E-state index contributed by atoms with van der Waals surface area (Å²) in [6, 6.07) is 3.35. The number of carbonyl (C=O) groups is 2. The number of fused-ring (bicyclic) bond motifs is 2. The van der Waals surface area contributed by atoms with Crippen molar-refractivity contribution < 1.29 is 29.0 Å². The van der Waals surface area contributed by atoms with E-state index in [4.69, 9.17) is 32.5 Å². The van der Waals surface area contributed by atoms with Gasteiger partial charge in [-0.25, -0.2) is 15.3 Å². The summed E-state index contributed by atoms with van der Waals surface area (Å²) in [5.74, 6) is -1.36. The molecule has 2 aromatic heterocycles. The van der Waals surface area contributed by atoms with E-state index in [-0.39, 0.29) is 42.7 Å². The van der Waals surface area contributed by atoms with Crippen LogP contribution >= 0.6 is 75.3 Å². The second-order valence-corrected chi connectivity index (χ2v) is 14.3. The molecule has 1 aliphatic carbocycles. The number of halogens is 5. The molecule has 6 rings (SSSR count). The molecule has 4 aliphatic rings. The minimum Gasteiger partial charge on any atom is -0.350 e. The zero-order valence-electron chi connectivity index (χ0n) is 21.7. The molecule has 42 heavy (non-hydrogen) atoms. The van der Waals surface area contributed by atoms with Gasteiger partial charge in [-0.2, -0.15) is 0 Å². The van der Waals surface area contributed by atoms with Crippen LogP contribution < -0.4 is 42.7 Å². The topological polar surface area (TPSA) is 212 Å². The number of aromatic amines is 2. The van der Waals surface area contributed by atoms with Gasteiger partial charge < -0.3 is 25.3 Å². The number of carbonyl (C=O) groups excluding carboxylic acids is 2. The van der Waals surface area contributed by atoms with Crippen molar-refractivity contribution in [1.29, 1.82) is 0 Å². The number of nitrogens with one attached hydrogen (secondary N) is 8. The highest BCUT2D eigenvalue weighted by molar-refractivity contribution is 9.13. The number of amides is 2. The first-order valence-corrected chi connectivity index (χ1v) is 16.4. The van der Waals surface area contributed by atoms with Gasteiger partial charge in [-0.15, -0.1) is 11.6 Å². The van der Waals surface area contributed by atoms with Crippen molar-refractivity contribution in [2.24, 2.45) is 29.2 Å². The molecule has 2 aromatic rings. The molecule has 19 heteroatoms. The SMILES string of the molecule is CO[C@@]12NC(N)=[NH+][C@@H]1O[C@@H]1[NH+]=C(N)N[C@]13[C@@H]2[C@H](CNC(=O)c1cc(Br)c(Br)[nH]1)[C@@H](CNC(=O)c1cc(Br)c(Br)[nH]1)[C@@H]3Cl. The molecule has 0 aromatic carbocycles. The second kappa shape index (κ2) is 11.0. The Morgan fingerprint density at radius 3 is 2.00 bits per heavy atom. The Labute approximate surface area is 277 Å². The summed E-state index contributed by atoms with van der Waals surface area (Å²) in [6.45, 7) is 0.349. The molecule has 0 radical (unpaired) electrons. The van der Waals surface area contributed by atoms with Gasteiger partial charge in [-0.3, -0.25) is 31.1 Å². The Balaban J connectivity index is 1.36. The van der Waals surface area contributed by atoms with Crippen LogP contribution in [0.5, 0.6) is 0 Å². The van der Waals surface area contributed by atoms with E-state index in [1.54, 1.807) is 19.2 Å². The molecule has 1 saturated heterocycles. The van der Waals surface area contributed by atoms with E-state index >= 15 is 0 Å². The number of hydrogen-bond acceptors (Lipinski definition) is 8. The first-order chi connectivity index (χ1) is 19.9. The molecule has 1 spiro atoms. The summed E-state index contributed by atoms with van der Waals surface area (Å²) in [4.78, 5) is 38.6. The Morgan fingerprint density at radius 1 is 0.952 bits per heavy atom. The van der Waals surface area contributed by atoms with E-state index in [9.17, 15) is 9.59 Å². The van der Waals surface area contributed by atoms with Gasteiger partial charge in [0.05, 0.1) is 29.4 Å². The van der Waals surface area contributed by atoms with E-state index < -0.39 is 40.9 Å². The minimum atomic E-state index is -1.20. The van der Waals surface area contributed by atoms with E-state index in [0.717, 1.165) is 0 Å². The van der Waals surface area contributed by atoms with E-state index in [0.29, 0.717) is 29.5 Å². The predicted octanol–water partition coefficient (Wildman–Crippen LogP) is -2.22. The molecule has 3 aliphatic heterocycles. The van der Waals surface area contributed by atoms with Crippen LogP contribution in [-0.2, 0) is 9.47 Å². The number of hydrogen-bond donors (Lipinski definition) is 10. The number of methoxy groups -OCH3 is 1. The van der Waals surface area contributed by atoms with Crippen molar-refractivity contribution in [1.82, 2.24) is 31.2 Å². The molecular weight excluding hydrogens is 835 g/mol. The summed E-state index contributed by atoms with van der Waals surface area (Å²) in [5.41, 5.74) is 11.0. The summed E-state index contributed by atoms with van der Waals surface area (Å²) < 4.78 is 15.3. The number of alkyl halides is 1. The van der Waals surface area contributed by atoms with E-state index in [1.165, 1.54) is 0 Å². The highest BCUT2D eigenvalue weighted by Gasteiger charge is 2.81. The minimum absolute atomic E-state index is 0.172. The molecule has 2 fully saturated rings. The van der Waals surface area contributed by atoms with Crippen LogP contribution in [0.2, 0.25) is 0 Å². The third-order valence-electron chi connectivity index (χ3n) is 8.41. The van der Waals surface area contributed by atoms with Gasteiger partial charge in [-0.1, -0.05) is 0 Å². The molecule has 5 heterocycles. The monoisotopic (exact) mass is 858 g/mol. The van der Waals surface area contributed by atoms with Gasteiger partial charge in [0.1, 0.15) is 11.4 Å². The van der Waals surface area contributed by atoms with Gasteiger partial charge in [0.15, 0.2) is 5.54 Å². The number of aromatic nitrogens is 2. The number of H-pyrrole nitrogens is 2. The Hall–Kier alpha value is -1.83. The Kier molecular flexibility index (Phi) is 7.88. The van der Waals surface area contributed by atoms with Gasteiger partial charge in [0, 0.05) is 26.1 Å². The van der Waals surface area contributed by atoms with Crippen LogP contribution in [0.3, 0.4) is 0 Å². The Morgan fingerprint density at radius 2 is 1.48 bits per heavy atom. The number of ether oxygens (including phenoxy) is 2. The maximum atomic E-state index is 13.2. The summed E-state index contributed by atoms with van der Waals surface area (Å²) in [7, 11) is 1.55. The average Bonchev–Trinajstić information content (AvgIpc) is 3.70. The molecular formula is C23H27Br4ClN10O4+2. The van der Waals surface area contributed by atoms with Crippen molar-refractivity contribution >= 4 is 99.1 Å². The average molecular weight is 863 g/mol. The summed E-state index contributed by atoms with van der Waals surface area (Å²) in [5, 5.41) is 12.0. The van der Waals surface area contributed by atoms with Crippen LogP contribution in [0.4, 0.5) is 0 Å². The molecule has 8 atom stereocenters.